The Kier molecular flexibility index (Phi) is 5.86. The van der Waals surface area contributed by atoms with Crippen molar-refractivity contribution in [3.05, 3.63) is 81.2 Å². The van der Waals surface area contributed by atoms with Crippen molar-refractivity contribution < 1.29 is 26.7 Å². The number of thioether (sulfide) groups is 1. The predicted octanol–water partition coefficient (Wildman–Crippen LogP) is 3.83. The molecule has 0 spiro atoms. The first kappa shape index (κ1) is 22.3. The zero-order valence-electron chi connectivity index (χ0n) is 17.5. The molecule has 5 rings (SSSR count). The van der Waals surface area contributed by atoms with E-state index in [-0.39, 0.29) is 43.5 Å². The normalized spacial score (nSPS) is 19.1. The van der Waals surface area contributed by atoms with E-state index in [4.69, 9.17) is 4.74 Å². The van der Waals surface area contributed by atoms with Gasteiger partial charge in [-0.1, -0.05) is 11.8 Å². The van der Waals surface area contributed by atoms with Crippen molar-refractivity contribution >= 4 is 33.3 Å². The molecule has 0 unspecified atom stereocenters. The summed E-state index contributed by atoms with van der Waals surface area (Å²) in [5.74, 6) is -1.54. The summed E-state index contributed by atoms with van der Waals surface area (Å²) in [7, 11) is -4.08. The molecule has 0 amide bonds. The number of morpholine rings is 1. The summed E-state index contributed by atoms with van der Waals surface area (Å²) in [5, 5.41) is 2.68. The highest BCUT2D eigenvalue weighted by Crippen LogP contribution is 2.46. The van der Waals surface area contributed by atoms with Crippen LogP contribution < -0.4 is 0 Å². The number of hydrogen-bond donors (Lipinski definition) is 0. The Morgan fingerprint density at radius 3 is 2.45 bits per heavy atom. The van der Waals surface area contributed by atoms with E-state index in [0.717, 1.165) is 28.4 Å². The van der Waals surface area contributed by atoms with E-state index >= 15 is 0 Å². The summed E-state index contributed by atoms with van der Waals surface area (Å²) in [6, 6.07) is 9.63. The average Bonchev–Trinajstić information content (AvgIpc) is 3.42. The quantitative estimate of drug-likeness (QED) is 0.594. The summed E-state index contributed by atoms with van der Waals surface area (Å²) < 4.78 is 60.1. The number of carbonyl (C=O) groups is 1. The van der Waals surface area contributed by atoms with E-state index in [1.807, 2.05) is 10.3 Å². The van der Waals surface area contributed by atoms with Crippen LogP contribution in [0.4, 0.5) is 8.78 Å². The van der Waals surface area contributed by atoms with Crippen molar-refractivity contribution in [3.8, 4) is 0 Å². The average molecular weight is 491 g/mol. The molecule has 0 saturated carbocycles. The van der Waals surface area contributed by atoms with Gasteiger partial charge in [-0.05, 0) is 54.4 Å². The van der Waals surface area contributed by atoms with Crippen LogP contribution in [0.5, 0.6) is 0 Å². The fourth-order valence-electron chi connectivity index (χ4n) is 4.13. The van der Waals surface area contributed by atoms with Gasteiger partial charge in [-0.25, -0.2) is 17.2 Å². The van der Waals surface area contributed by atoms with Gasteiger partial charge in [-0.15, -0.1) is 0 Å². The fourth-order valence-corrected chi connectivity index (χ4v) is 6.77. The SMILES string of the molecule is O=C(C1=C2SC=C(c3ccc(F)cc3)N2CC1)c1ccc(F)c(S(=O)(=O)N2CCOCC2)c1. The molecule has 3 aliphatic rings. The minimum atomic E-state index is -4.08. The molecule has 3 heterocycles. The van der Waals surface area contributed by atoms with Crippen LogP contribution in [0.2, 0.25) is 0 Å². The molecule has 1 saturated heterocycles. The van der Waals surface area contributed by atoms with Gasteiger partial charge in [0, 0.05) is 36.2 Å². The number of nitrogens with zero attached hydrogens (tertiary/aromatic N) is 2. The third kappa shape index (κ3) is 4.01. The highest BCUT2D eigenvalue weighted by atomic mass is 32.2. The van der Waals surface area contributed by atoms with Gasteiger partial charge in [-0.3, -0.25) is 4.79 Å². The lowest BCUT2D eigenvalue weighted by molar-refractivity contribution is 0.0729. The van der Waals surface area contributed by atoms with E-state index in [1.165, 1.54) is 34.3 Å². The van der Waals surface area contributed by atoms with Crippen molar-refractivity contribution in [2.45, 2.75) is 11.3 Å². The molecular weight excluding hydrogens is 470 g/mol. The number of benzene rings is 2. The molecule has 0 N–H and O–H groups in total. The Bertz CT molecular complexity index is 1280. The van der Waals surface area contributed by atoms with Crippen LogP contribution in [0, 0.1) is 11.6 Å². The van der Waals surface area contributed by atoms with Crippen molar-refractivity contribution in [1.29, 1.82) is 0 Å². The summed E-state index contributed by atoms with van der Waals surface area (Å²) in [5.41, 5.74) is 2.40. The molecule has 10 heteroatoms. The van der Waals surface area contributed by atoms with Crippen molar-refractivity contribution in [3.63, 3.8) is 0 Å². The van der Waals surface area contributed by atoms with Crippen molar-refractivity contribution in [2.24, 2.45) is 0 Å². The molecule has 33 heavy (non-hydrogen) atoms. The largest absolute Gasteiger partial charge is 0.379 e. The molecule has 2 aromatic carbocycles. The summed E-state index contributed by atoms with van der Waals surface area (Å²) >= 11 is 1.40. The number of Topliss-reactive ketones (excluding diaryl/α,β-unsaturated/α-hetero) is 1. The topological polar surface area (TPSA) is 66.9 Å². The number of halogens is 2. The number of fused-ring (bicyclic) bond motifs is 1. The van der Waals surface area contributed by atoms with Crippen LogP contribution in [-0.4, -0.2) is 56.3 Å². The zero-order valence-corrected chi connectivity index (χ0v) is 19.1. The van der Waals surface area contributed by atoms with Crippen molar-refractivity contribution in [2.75, 3.05) is 32.8 Å². The smallest absolute Gasteiger partial charge is 0.246 e. The van der Waals surface area contributed by atoms with Gasteiger partial charge in [-0.2, -0.15) is 4.31 Å². The van der Waals surface area contributed by atoms with Gasteiger partial charge in [0.05, 0.1) is 23.9 Å². The van der Waals surface area contributed by atoms with Crippen LogP contribution in [0.15, 0.2) is 63.4 Å². The van der Waals surface area contributed by atoms with Gasteiger partial charge >= 0.3 is 0 Å². The second-order valence-electron chi connectivity index (χ2n) is 7.80. The lowest BCUT2D eigenvalue weighted by atomic mass is 10.0. The van der Waals surface area contributed by atoms with E-state index in [0.29, 0.717) is 18.5 Å². The maximum absolute atomic E-state index is 14.5. The van der Waals surface area contributed by atoms with Crippen LogP contribution in [0.1, 0.15) is 22.3 Å². The van der Waals surface area contributed by atoms with Crippen LogP contribution in [-0.2, 0) is 14.8 Å². The predicted molar refractivity (Wildman–Crippen MR) is 121 cm³/mol. The molecule has 0 aromatic heterocycles. The second kappa shape index (κ2) is 8.68. The molecule has 0 atom stereocenters. The lowest BCUT2D eigenvalue weighted by Gasteiger charge is -2.26. The van der Waals surface area contributed by atoms with Gasteiger partial charge < -0.3 is 9.64 Å². The highest BCUT2D eigenvalue weighted by Gasteiger charge is 2.35. The molecule has 0 bridgehead atoms. The Morgan fingerprint density at radius 1 is 1.00 bits per heavy atom. The highest BCUT2D eigenvalue weighted by molar-refractivity contribution is 8.06. The summed E-state index contributed by atoms with van der Waals surface area (Å²) in [6.07, 6.45) is 0.475. The molecule has 3 aliphatic heterocycles. The maximum atomic E-state index is 14.5. The first-order valence-corrected chi connectivity index (χ1v) is 12.7. The number of rotatable bonds is 5. The third-order valence-electron chi connectivity index (χ3n) is 5.86. The molecule has 172 valence electrons. The first-order valence-electron chi connectivity index (χ1n) is 10.4. The molecule has 1 fully saturated rings. The Balaban J connectivity index is 1.44. The van der Waals surface area contributed by atoms with E-state index in [1.54, 1.807) is 12.1 Å². The van der Waals surface area contributed by atoms with E-state index in [9.17, 15) is 22.0 Å². The lowest BCUT2D eigenvalue weighted by Crippen LogP contribution is -2.41. The van der Waals surface area contributed by atoms with Gasteiger partial charge in [0.15, 0.2) is 5.78 Å². The minimum Gasteiger partial charge on any atom is -0.379 e. The molecule has 6 nitrogen and oxygen atoms in total. The maximum Gasteiger partial charge on any atom is 0.246 e. The Labute approximate surface area is 194 Å². The van der Waals surface area contributed by atoms with Gasteiger partial charge in [0.25, 0.3) is 0 Å². The first-order chi connectivity index (χ1) is 15.9. The van der Waals surface area contributed by atoms with Gasteiger partial charge in [0.1, 0.15) is 16.5 Å². The second-order valence-corrected chi connectivity index (χ2v) is 10.6. The monoisotopic (exact) mass is 490 g/mol. The fraction of sp³-hybridized carbons (Fsp3) is 0.261. The van der Waals surface area contributed by atoms with Crippen molar-refractivity contribution in [1.82, 2.24) is 9.21 Å². The number of sulfonamides is 1. The molecule has 0 radical (unpaired) electrons. The number of ether oxygens (including phenoxy) is 1. The van der Waals surface area contributed by atoms with Crippen LogP contribution in [0.3, 0.4) is 0 Å². The Morgan fingerprint density at radius 2 is 1.73 bits per heavy atom. The minimum absolute atomic E-state index is 0.128. The number of carbonyl (C=O) groups excluding carboxylic acids is 1. The molecule has 0 aliphatic carbocycles. The molecular formula is C23H20F2N2O4S2. The summed E-state index contributed by atoms with van der Waals surface area (Å²) in [4.78, 5) is 14.8. The van der Waals surface area contributed by atoms with Crippen LogP contribution >= 0.6 is 11.8 Å². The standard InChI is InChI=1S/C23H20F2N2O4S2/c24-17-4-1-15(2-5-17)20-14-32-23-18(7-8-27(20)23)22(28)16-3-6-19(25)21(13-16)33(29,30)26-9-11-31-12-10-26/h1-6,13-14H,7-12H2. The molecule has 2 aromatic rings. The van der Waals surface area contributed by atoms with E-state index < -0.39 is 20.7 Å². The Hall–Kier alpha value is -2.53. The number of hydrogen-bond acceptors (Lipinski definition) is 6. The van der Waals surface area contributed by atoms with Crippen LogP contribution in [0.25, 0.3) is 5.70 Å². The number of ketones is 1. The van der Waals surface area contributed by atoms with Gasteiger partial charge in [0.2, 0.25) is 10.0 Å². The third-order valence-corrected chi connectivity index (χ3v) is 8.80. The summed E-state index contributed by atoms with van der Waals surface area (Å²) in [6.45, 7) is 1.34. The van der Waals surface area contributed by atoms with E-state index in [2.05, 4.69) is 0 Å². The zero-order chi connectivity index (χ0) is 23.2.